The van der Waals surface area contributed by atoms with Crippen LogP contribution in [0.25, 0.3) is 11.1 Å². The minimum atomic E-state index is -0.157. The molecule has 2 heteroatoms. The fraction of sp³-hybridized carbons (Fsp3) is 0.0769. The molecule has 2 rings (SSSR count). The minimum absolute atomic E-state index is 0.157. The van der Waals surface area contributed by atoms with E-state index in [1.54, 1.807) is 13.0 Å². The average molecular weight is 265 g/mol. The molecule has 2 aromatic carbocycles. The summed E-state index contributed by atoms with van der Waals surface area (Å²) >= 11 is 3.31. The van der Waals surface area contributed by atoms with Crippen LogP contribution >= 0.6 is 15.9 Å². The first-order chi connectivity index (χ1) is 7.20. The van der Waals surface area contributed by atoms with E-state index in [0.29, 0.717) is 11.1 Å². The number of rotatable bonds is 1. The molecule has 0 bridgehead atoms. The molecule has 0 fully saturated rings. The maximum absolute atomic E-state index is 13.9. The van der Waals surface area contributed by atoms with Crippen molar-refractivity contribution in [2.45, 2.75) is 6.92 Å². The third kappa shape index (κ3) is 1.95. The highest BCUT2D eigenvalue weighted by molar-refractivity contribution is 9.10. The quantitative estimate of drug-likeness (QED) is 0.708. The molecule has 0 amide bonds. The predicted octanol–water partition coefficient (Wildman–Crippen LogP) is 4.56. The summed E-state index contributed by atoms with van der Waals surface area (Å²) in [7, 11) is 0. The Labute approximate surface area is 96.9 Å². The van der Waals surface area contributed by atoms with Gasteiger partial charge in [0.2, 0.25) is 0 Å². The molecule has 76 valence electrons. The lowest BCUT2D eigenvalue weighted by Gasteiger charge is -2.07. The second-order valence-electron chi connectivity index (χ2n) is 3.40. The molecule has 0 atom stereocenters. The molecule has 0 heterocycles. The summed E-state index contributed by atoms with van der Waals surface area (Å²) in [6.45, 7) is 1.77. The van der Waals surface area contributed by atoms with Gasteiger partial charge in [0.1, 0.15) is 5.82 Å². The van der Waals surface area contributed by atoms with Crippen molar-refractivity contribution >= 4 is 15.9 Å². The summed E-state index contributed by atoms with van der Waals surface area (Å²) in [4.78, 5) is 0. The maximum atomic E-state index is 13.9. The molecule has 0 aliphatic heterocycles. The van der Waals surface area contributed by atoms with Gasteiger partial charge in [0.05, 0.1) is 0 Å². The number of hydrogen-bond acceptors (Lipinski definition) is 0. The number of halogens is 2. The van der Waals surface area contributed by atoms with Crippen molar-refractivity contribution in [3.8, 4) is 11.1 Å². The van der Waals surface area contributed by atoms with Crippen molar-refractivity contribution in [3.05, 3.63) is 58.3 Å². The molecule has 15 heavy (non-hydrogen) atoms. The van der Waals surface area contributed by atoms with Crippen LogP contribution in [-0.2, 0) is 0 Å². The zero-order chi connectivity index (χ0) is 10.8. The van der Waals surface area contributed by atoms with E-state index in [-0.39, 0.29) is 5.82 Å². The van der Waals surface area contributed by atoms with Crippen LogP contribution in [0, 0.1) is 12.7 Å². The lowest BCUT2D eigenvalue weighted by molar-refractivity contribution is 0.621. The van der Waals surface area contributed by atoms with E-state index in [4.69, 9.17) is 0 Å². The zero-order valence-corrected chi connectivity index (χ0v) is 9.88. The van der Waals surface area contributed by atoms with Crippen molar-refractivity contribution in [3.63, 3.8) is 0 Å². The van der Waals surface area contributed by atoms with E-state index in [2.05, 4.69) is 15.9 Å². The van der Waals surface area contributed by atoms with Crippen molar-refractivity contribution in [2.24, 2.45) is 0 Å². The van der Waals surface area contributed by atoms with Gasteiger partial charge in [-0.3, -0.25) is 0 Å². The number of benzene rings is 2. The van der Waals surface area contributed by atoms with Crippen LogP contribution in [0.3, 0.4) is 0 Å². The second kappa shape index (κ2) is 4.15. The molecule has 0 aliphatic rings. The molecule has 2 aromatic rings. The Morgan fingerprint density at radius 3 is 2.33 bits per heavy atom. The van der Waals surface area contributed by atoms with Gasteiger partial charge < -0.3 is 0 Å². The molecule has 0 saturated heterocycles. The van der Waals surface area contributed by atoms with Crippen LogP contribution in [0.2, 0.25) is 0 Å². The first-order valence-corrected chi connectivity index (χ1v) is 5.49. The standard InChI is InChI=1S/C13H10BrF/c1-9-12(14)8-7-11(13(9)15)10-5-3-2-4-6-10/h2-8H,1H3. The van der Waals surface area contributed by atoms with Crippen molar-refractivity contribution < 1.29 is 4.39 Å². The Hall–Kier alpha value is -1.15. The Morgan fingerprint density at radius 1 is 1.00 bits per heavy atom. The van der Waals surface area contributed by atoms with E-state index >= 15 is 0 Å². The largest absolute Gasteiger partial charge is 0.206 e. The van der Waals surface area contributed by atoms with Gasteiger partial charge in [-0.05, 0) is 24.1 Å². The normalized spacial score (nSPS) is 10.3. The molecule has 0 spiro atoms. The van der Waals surface area contributed by atoms with E-state index in [1.807, 2.05) is 36.4 Å². The Balaban J connectivity index is 2.60. The highest BCUT2D eigenvalue weighted by atomic mass is 79.9. The Morgan fingerprint density at radius 2 is 1.67 bits per heavy atom. The lowest BCUT2D eigenvalue weighted by atomic mass is 10.0. The zero-order valence-electron chi connectivity index (χ0n) is 8.30. The smallest absolute Gasteiger partial charge is 0.135 e. The topological polar surface area (TPSA) is 0 Å². The molecule has 0 N–H and O–H groups in total. The highest BCUT2D eigenvalue weighted by Crippen LogP contribution is 2.28. The van der Waals surface area contributed by atoms with Crippen molar-refractivity contribution in [2.75, 3.05) is 0 Å². The summed E-state index contributed by atoms with van der Waals surface area (Å²) in [6, 6.07) is 13.2. The second-order valence-corrected chi connectivity index (χ2v) is 4.25. The van der Waals surface area contributed by atoms with Gasteiger partial charge in [-0.1, -0.05) is 52.3 Å². The third-order valence-electron chi connectivity index (χ3n) is 2.41. The van der Waals surface area contributed by atoms with Crippen LogP contribution in [0.5, 0.6) is 0 Å². The fourth-order valence-electron chi connectivity index (χ4n) is 1.50. The van der Waals surface area contributed by atoms with Gasteiger partial charge in [0.15, 0.2) is 0 Å². The first kappa shape index (κ1) is 10.4. The molecule has 0 unspecified atom stereocenters. The third-order valence-corrected chi connectivity index (χ3v) is 3.26. The lowest BCUT2D eigenvalue weighted by Crippen LogP contribution is -1.89. The molecule has 0 saturated carbocycles. The highest BCUT2D eigenvalue weighted by Gasteiger charge is 2.09. The Kier molecular flexibility index (Phi) is 2.87. The fourth-order valence-corrected chi connectivity index (χ4v) is 1.81. The summed E-state index contributed by atoms with van der Waals surface area (Å²) in [6.07, 6.45) is 0. The predicted molar refractivity (Wildman–Crippen MR) is 64.3 cm³/mol. The van der Waals surface area contributed by atoms with E-state index < -0.39 is 0 Å². The Bertz CT molecular complexity index is 477. The van der Waals surface area contributed by atoms with Crippen molar-refractivity contribution in [1.29, 1.82) is 0 Å². The van der Waals surface area contributed by atoms with E-state index in [0.717, 1.165) is 10.0 Å². The first-order valence-electron chi connectivity index (χ1n) is 4.70. The van der Waals surface area contributed by atoms with Crippen molar-refractivity contribution in [1.82, 2.24) is 0 Å². The van der Waals surface area contributed by atoms with Gasteiger partial charge >= 0.3 is 0 Å². The molecular weight excluding hydrogens is 255 g/mol. The number of hydrogen-bond donors (Lipinski definition) is 0. The monoisotopic (exact) mass is 264 g/mol. The van der Waals surface area contributed by atoms with Crippen LogP contribution in [0.4, 0.5) is 4.39 Å². The minimum Gasteiger partial charge on any atom is -0.206 e. The summed E-state index contributed by atoms with van der Waals surface area (Å²) < 4.78 is 14.7. The van der Waals surface area contributed by atoms with Gasteiger partial charge in [-0.25, -0.2) is 4.39 Å². The van der Waals surface area contributed by atoms with Crippen LogP contribution in [0.15, 0.2) is 46.9 Å². The van der Waals surface area contributed by atoms with Crippen LogP contribution < -0.4 is 0 Å². The molecule has 0 aliphatic carbocycles. The maximum Gasteiger partial charge on any atom is 0.135 e. The molecule has 0 nitrogen and oxygen atoms in total. The molecular formula is C13H10BrF. The summed E-state index contributed by atoms with van der Waals surface area (Å²) in [5, 5.41) is 0. The average Bonchev–Trinajstić information content (AvgIpc) is 2.27. The van der Waals surface area contributed by atoms with Gasteiger partial charge in [0.25, 0.3) is 0 Å². The van der Waals surface area contributed by atoms with Gasteiger partial charge in [-0.2, -0.15) is 0 Å². The summed E-state index contributed by atoms with van der Waals surface area (Å²) in [5.74, 6) is -0.157. The summed E-state index contributed by atoms with van der Waals surface area (Å²) in [5.41, 5.74) is 2.21. The molecule has 0 radical (unpaired) electrons. The molecule has 0 aromatic heterocycles. The van der Waals surface area contributed by atoms with E-state index in [1.165, 1.54) is 0 Å². The van der Waals surface area contributed by atoms with Crippen LogP contribution in [-0.4, -0.2) is 0 Å². The van der Waals surface area contributed by atoms with Gasteiger partial charge in [-0.15, -0.1) is 0 Å². The van der Waals surface area contributed by atoms with Gasteiger partial charge in [0, 0.05) is 10.0 Å². The SMILES string of the molecule is Cc1c(Br)ccc(-c2ccccc2)c1F. The van der Waals surface area contributed by atoms with Crippen LogP contribution in [0.1, 0.15) is 5.56 Å². The van der Waals surface area contributed by atoms with E-state index in [9.17, 15) is 4.39 Å².